The highest BCUT2D eigenvalue weighted by molar-refractivity contribution is 6.35. The summed E-state index contributed by atoms with van der Waals surface area (Å²) in [5.74, 6) is 0.00129. The van der Waals surface area contributed by atoms with Crippen LogP contribution in [0.25, 0.3) is 0 Å². The lowest BCUT2D eigenvalue weighted by Gasteiger charge is -2.32. The molecule has 5 nitrogen and oxygen atoms in total. The molecule has 1 saturated carbocycles. The van der Waals surface area contributed by atoms with Crippen molar-refractivity contribution >= 4 is 46.6 Å². The van der Waals surface area contributed by atoms with Crippen LogP contribution in [0, 0.1) is 0 Å². The summed E-state index contributed by atoms with van der Waals surface area (Å²) in [6.07, 6.45) is 4.43. The highest BCUT2D eigenvalue weighted by Crippen LogP contribution is 2.25. The fraction of sp³-hybridized carbons (Fsp3) is 0.310. The number of hydrogen-bond donors (Lipinski definition) is 1. The van der Waals surface area contributed by atoms with Gasteiger partial charge < -0.3 is 15.0 Å². The first kappa shape index (κ1) is 27.3. The average molecular weight is 560 g/mol. The molecule has 0 saturated heterocycles. The quantitative estimate of drug-likeness (QED) is 0.300. The number of nitrogens with zero attached hydrogens (tertiary/aromatic N) is 1. The van der Waals surface area contributed by atoms with Gasteiger partial charge in [0, 0.05) is 34.1 Å². The summed E-state index contributed by atoms with van der Waals surface area (Å²) >= 11 is 18.6. The summed E-state index contributed by atoms with van der Waals surface area (Å²) in [4.78, 5) is 28.9. The molecule has 0 heterocycles. The molecule has 0 spiro atoms. The van der Waals surface area contributed by atoms with Crippen molar-refractivity contribution in [3.63, 3.8) is 0 Å². The normalized spacial score (nSPS) is 14.2. The summed E-state index contributed by atoms with van der Waals surface area (Å²) in [6.45, 7) is -0.108. The monoisotopic (exact) mass is 558 g/mol. The van der Waals surface area contributed by atoms with Crippen molar-refractivity contribution in [1.29, 1.82) is 0 Å². The van der Waals surface area contributed by atoms with Crippen molar-refractivity contribution in [2.24, 2.45) is 0 Å². The first-order valence-electron chi connectivity index (χ1n) is 12.3. The third-order valence-corrected chi connectivity index (χ3v) is 7.34. The molecular weight excluding hydrogens is 531 g/mol. The van der Waals surface area contributed by atoms with E-state index in [-0.39, 0.29) is 31.0 Å². The van der Waals surface area contributed by atoms with Gasteiger partial charge in [0.2, 0.25) is 5.91 Å². The summed E-state index contributed by atoms with van der Waals surface area (Å²) < 4.78 is 5.77. The Morgan fingerprint density at radius 3 is 2.27 bits per heavy atom. The third-order valence-electron chi connectivity index (χ3n) is 6.50. The second-order valence-corrected chi connectivity index (χ2v) is 10.5. The Labute approximate surface area is 232 Å². The average Bonchev–Trinajstić information content (AvgIpc) is 3.40. The fourth-order valence-corrected chi connectivity index (χ4v) is 5.11. The van der Waals surface area contributed by atoms with Crippen molar-refractivity contribution in [2.45, 2.75) is 50.7 Å². The number of amides is 2. The lowest BCUT2D eigenvalue weighted by Crippen LogP contribution is -2.53. The molecule has 194 valence electrons. The molecule has 0 radical (unpaired) electrons. The number of rotatable bonds is 10. The SMILES string of the molecule is O=C(NC1CCCC1)[C@@H](Cc1ccccc1)N(Cc1ccc(Cl)cc1Cl)C(=O)COc1ccc(Cl)cc1. The van der Waals surface area contributed by atoms with Crippen LogP contribution >= 0.6 is 34.8 Å². The van der Waals surface area contributed by atoms with Crippen LogP contribution in [0.4, 0.5) is 0 Å². The van der Waals surface area contributed by atoms with E-state index in [1.54, 1.807) is 47.4 Å². The minimum atomic E-state index is -0.754. The molecule has 3 aromatic carbocycles. The van der Waals surface area contributed by atoms with Crippen molar-refractivity contribution in [1.82, 2.24) is 10.2 Å². The van der Waals surface area contributed by atoms with Gasteiger partial charge in [0.15, 0.2) is 6.61 Å². The second-order valence-electron chi connectivity index (χ2n) is 9.20. The molecule has 0 unspecified atom stereocenters. The first-order chi connectivity index (χ1) is 17.9. The fourth-order valence-electron chi connectivity index (χ4n) is 4.51. The predicted molar refractivity (Wildman–Crippen MR) is 148 cm³/mol. The van der Waals surface area contributed by atoms with E-state index in [0.717, 1.165) is 31.2 Å². The molecule has 0 aromatic heterocycles. The number of benzene rings is 3. The van der Waals surface area contributed by atoms with Gasteiger partial charge in [-0.3, -0.25) is 9.59 Å². The van der Waals surface area contributed by atoms with Crippen LogP contribution in [0.2, 0.25) is 15.1 Å². The van der Waals surface area contributed by atoms with Crippen molar-refractivity contribution in [3.8, 4) is 5.75 Å². The van der Waals surface area contributed by atoms with Crippen molar-refractivity contribution < 1.29 is 14.3 Å². The highest BCUT2D eigenvalue weighted by atomic mass is 35.5. The summed E-state index contributed by atoms with van der Waals surface area (Å²) in [6, 6.07) is 21.0. The molecule has 1 fully saturated rings. The smallest absolute Gasteiger partial charge is 0.261 e. The Kier molecular flexibility index (Phi) is 9.73. The van der Waals surface area contributed by atoms with Crippen LogP contribution in [0.1, 0.15) is 36.8 Å². The zero-order valence-corrected chi connectivity index (χ0v) is 22.6. The molecule has 8 heteroatoms. The molecule has 1 aliphatic carbocycles. The zero-order chi connectivity index (χ0) is 26.2. The van der Waals surface area contributed by atoms with Crippen LogP contribution in [-0.4, -0.2) is 35.4 Å². The number of nitrogens with one attached hydrogen (secondary N) is 1. The van der Waals surface area contributed by atoms with E-state index >= 15 is 0 Å². The Balaban J connectivity index is 1.63. The number of hydrogen-bond acceptors (Lipinski definition) is 3. The second kappa shape index (κ2) is 13.2. The van der Waals surface area contributed by atoms with E-state index in [9.17, 15) is 9.59 Å². The van der Waals surface area contributed by atoms with Gasteiger partial charge in [0.05, 0.1) is 0 Å². The summed E-state index contributed by atoms with van der Waals surface area (Å²) in [5, 5.41) is 4.68. The maximum absolute atomic E-state index is 13.7. The van der Waals surface area contributed by atoms with Crippen LogP contribution in [0.5, 0.6) is 5.75 Å². The first-order valence-corrected chi connectivity index (χ1v) is 13.5. The number of carbonyl (C=O) groups is 2. The topological polar surface area (TPSA) is 58.6 Å². The summed E-state index contributed by atoms with van der Waals surface area (Å²) in [7, 11) is 0. The Morgan fingerprint density at radius 1 is 0.919 bits per heavy atom. The summed E-state index contributed by atoms with van der Waals surface area (Å²) in [5.41, 5.74) is 1.64. The number of carbonyl (C=O) groups excluding carboxylic acids is 2. The van der Waals surface area contributed by atoms with Crippen LogP contribution in [0.3, 0.4) is 0 Å². The van der Waals surface area contributed by atoms with Crippen LogP contribution in [0.15, 0.2) is 72.8 Å². The van der Waals surface area contributed by atoms with Crippen LogP contribution in [-0.2, 0) is 22.6 Å². The van der Waals surface area contributed by atoms with Crippen molar-refractivity contribution in [2.75, 3.05) is 6.61 Å². The minimum absolute atomic E-state index is 0.118. The van der Waals surface area contributed by atoms with Gasteiger partial charge in [0.1, 0.15) is 11.8 Å². The highest BCUT2D eigenvalue weighted by Gasteiger charge is 2.32. The lowest BCUT2D eigenvalue weighted by atomic mass is 10.0. The molecule has 4 rings (SSSR count). The van der Waals surface area contributed by atoms with Crippen molar-refractivity contribution in [3.05, 3.63) is 99.0 Å². The maximum Gasteiger partial charge on any atom is 0.261 e. The van der Waals surface area contributed by atoms with Gasteiger partial charge in [-0.25, -0.2) is 0 Å². The van der Waals surface area contributed by atoms with E-state index in [2.05, 4.69) is 5.32 Å². The van der Waals surface area contributed by atoms with E-state index in [0.29, 0.717) is 32.8 Å². The van der Waals surface area contributed by atoms with Gasteiger partial charge in [0.25, 0.3) is 5.91 Å². The van der Waals surface area contributed by atoms with E-state index < -0.39 is 6.04 Å². The molecule has 37 heavy (non-hydrogen) atoms. The molecule has 2 amide bonds. The van der Waals surface area contributed by atoms with E-state index in [4.69, 9.17) is 39.5 Å². The molecule has 3 aromatic rings. The van der Waals surface area contributed by atoms with E-state index in [1.165, 1.54) is 0 Å². The molecule has 1 aliphatic rings. The molecule has 0 bridgehead atoms. The van der Waals surface area contributed by atoms with Gasteiger partial charge in [-0.1, -0.05) is 84.0 Å². The zero-order valence-electron chi connectivity index (χ0n) is 20.3. The largest absolute Gasteiger partial charge is 0.484 e. The maximum atomic E-state index is 13.7. The molecule has 1 atom stereocenters. The predicted octanol–water partition coefficient (Wildman–Crippen LogP) is 6.72. The Hall–Kier alpha value is -2.73. The van der Waals surface area contributed by atoms with Gasteiger partial charge in [-0.2, -0.15) is 0 Å². The molecular formula is C29H29Cl3N2O3. The van der Waals surface area contributed by atoms with Crippen LogP contribution < -0.4 is 10.1 Å². The Morgan fingerprint density at radius 2 is 1.59 bits per heavy atom. The molecule has 0 aliphatic heterocycles. The third kappa shape index (κ3) is 7.88. The number of halogens is 3. The number of ether oxygens (including phenoxy) is 1. The molecule has 1 N–H and O–H groups in total. The lowest BCUT2D eigenvalue weighted by molar-refractivity contribution is -0.143. The van der Waals surface area contributed by atoms with Gasteiger partial charge in [-0.05, 0) is 60.4 Å². The minimum Gasteiger partial charge on any atom is -0.484 e. The standard InChI is InChI=1S/C29H29Cl3N2O3/c30-22-12-14-25(15-13-22)37-19-28(35)34(18-21-10-11-23(31)17-26(21)32)27(16-20-6-2-1-3-7-20)29(36)33-24-8-4-5-9-24/h1-3,6-7,10-15,17,24,27H,4-5,8-9,16,18-19H2,(H,33,36)/t27-/m1/s1. The van der Waals surface area contributed by atoms with Gasteiger partial charge >= 0.3 is 0 Å². The Bertz CT molecular complexity index is 1200. The van der Waals surface area contributed by atoms with Gasteiger partial charge in [-0.15, -0.1) is 0 Å². The van der Waals surface area contributed by atoms with E-state index in [1.807, 2.05) is 30.3 Å².